The molecule has 2 aromatic rings. The van der Waals surface area contributed by atoms with E-state index in [0.29, 0.717) is 24.0 Å². The average molecular weight is 448 g/mol. The number of rotatable bonds is 5. The average Bonchev–Trinajstić information content (AvgIpc) is 2.97. The summed E-state index contributed by atoms with van der Waals surface area (Å²) in [5.74, 6) is -2.67. The predicted molar refractivity (Wildman–Crippen MR) is 109 cm³/mol. The summed E-state index contributed by atoms with van der Waals surface area (Å²) in [6.45, 7) is 1.54. The molecule has 1 aliphatic carbocycles. The molecular weight excluding hydrogens is 426 g/mol. The zero-order valence-corrected chi connectivity index (χ0v) is 17.7. The smallest absolute Gasteiger partial charge is 0.262 e. The maximum atomic E-state index is 13.9. The van der Waals surface area contributed by atoms with Gasteiger partial charge in [0.2, 0.25) is 11.8 Å². The summed E-state index contributed by atoms with van der Waals surface area (Å²) in [6, 6.07) is 7.05. The first-order chi connectivity index (χ1) is 14.7. The van der Waals surface area contributed by atoms with Crippen LogP contribution in [0.1, 0.15) is 36.8 Å². The van der Waals surface area contributed by atoms with Crippen LogP contribution in [0.5, 0.6) is 0 Å². The van der Waals surface area contributed by atoms with E-state index in [4.69, 9.17) is 0 Å². The van der Waals surface area contributed by atoms with Gasteiger partial charge in [0.05, 0.1) is 29.0 Å². The SMILES string of the molecule is Cc1ccc(CN2C(=O)[C@@H]3CCCC[C@H]3C2=O)cc1S(=O)(=O)Nc1cc(F)ccc1F. The lowest BCUT2D eigenvalue weighted by Crippen LogP contribution is -2.30. The van der Waals surface area contributed by atoms with Crippen LogP contribution in [0.4, 0.5) is 14.5 Å². The third-order valence-corrected chi connectivity index (χ3v) is 7.50. The molecule has 1 aliphatic heterocycles. The number of fused-ring (bicyclic) bond motifs is 1. The Morgan fingerprint density at radius 2 is 1.65 bits per heavy atom. The normalized spacial score (nSPS) is 21.3. The Balaban J connectivity index is 1.60. The lowest BCUT2D eigenvalue weighted by molar-refractivity contribution is -0.140. The van der Waals surface area contributed by atoms with E-state index in [1.807, 2.05) is 0 Å². The van der Waals surface area contributed by atoms with E-state index in [1.54, 1.807) is 19.1 Å². The molecule has 4 rings (SSSR count). The molecule has 1 heterocycles. The van der Waals surface area contributed by atoms with Gasteiger partial charge in [0.1, 0.15) is 11.6 Å². The van der Waals surface area contributed by atoms with Gasteiger partial charge in [0.15, 0.2) is 0 Å². The molecule has 0 bridgehead atoms. The maximum absolute atomic E-state index is 13.9. The summed E-state index contributed by atoms with van der Waals surface area (Å²) in [6.07, 6.45) is 3.23. The molecule has 2 aliphatic rings. The number of amides is 2. The van der Waals surface area contributed by atoms with Gasteiger partial charge in [-0.1, -0.05) is 25.0 Å². The zero-order chi connectivity index (χ0) is 22.3. The van der Waals surface area contributed by atoms with E-state index in [9.17, 15) is 26.8 Å². The topological polar surface area (TPSA) is 83.6 Å². The minimum Gasteiger partial charge on any atom is -0.278 e. The fourth-order valence-electron chi connectivity index (χ4n) is 4.38. The highest BCUT2D eigenvalue weighted by Gasteiger charge is 2.47. The summed E-state index contributed by atoms with van der Waals surface area (Å²) in [4.78, 5) is 26.5. The molecular formula is C22H22F2N2O4S. The Bertz CT molecular complexity index is 1140. The van der Waals surface area contributed by atoms with Crippen LogP contribution in [0.15, 0.2) is 41.3 Å². The van der Waals surface area contributed by atoms with E-state index >= 15 is 0 Å². The van der Waals surface area contributed by atoms with Crippen LogP contribution in [0.3, 0.4) is 0 Å². The van der Waals surface area contributed by atoms with Crippen molar-refractivity contribution in [2.45, 2.75) is 44.0 Å². The molecule has 31 heavy (non-hydrogen) atoms. The highest BCUT2D eigenvalue weighted by Crippen LogP contribution is 2.38. The molecule has 2 fully saturated rings. The van der Waals surface area contributed by atoms with Crippen molar-refractivity contribution in [1.29, 1.82) is 0 Å². The van der Waals surface area contributed by atoms with E-state index in [2.05, 4.69) is 4.72 Å². The van der Waals surface area contributed by atoms with Gasteiger partial charge < -0.3 is 0 Å². The molecule has 1 saturated heterocycles. The number of hydrogen-bond acceptors (Lipinski definition) is 4. The number of carbonyl (C=O) groups is 2. The number of likely N-dealkylation sites (tertiary alicyclic amines) is 1. The highest BCUT2D eigenvalue weighted by molar-refractivity contribution is 7.92. The zero-order valence-electron chi connectivity index (χ0n) is 16.9. The molecule has 0 radical (unpaired) electrons. The minimum atomic E-state index is -4.23. The summed E-state index contributed by atoms with van der Waals surface area (Å²) >= 11 is 0. The quantitative estimate of drug-likeness (QED) is 0.707. The van der Waals surface area contributed by atoms with Crippen molar-refractivity contribution in [1.82, 2.24) is 4.90 Å². The van der Waals surface area contributed by atoms with Crippen molar-refractivity contribution in [3.63, 3.8) is 0 Å². The molecule has 6 nitrogen and oxygen atoms in total. The van der Waals surface area contributed by atoms with Gasteiger partial charge in [-0.3, -0.25) is 19.2 Å². The van der Waals surface area contributed by atoms with Gasteiger partial charge in [-0.25, -0.2) is 17.2 Å². The minimum absolute atomic E-state index is 0.0260. The molecule has 164 valence electrons. The second-order valence-electron chi connectivity index (χ2n) is 8.09. The van der Waals surface area contributed by atoms with Gasteiger partial charge in [0, 0.05) is 6.07 Å². The number of benzene rings is 2. The van der Waals surface area contributed by atoms with E-state index in [-0.39, 0.29) is 35.1 Å². The van der Waals surface area contributed by atoms with Gasteiger partial charge in [0.25, 0.3) is 10.0 Å². The molecule has 2 amide bonds. The predicted octanol–water partition coefficient (Wildman–Crippen LogP) is 3.75. The van der Waals surface area contributed by atoms with E-state index in [0.717, 1.165) is 31.0 Å². The van der Waals surface area contributed by atoms with Crippen LogP contribution in [0.25, 0.3) is 0 Å². The summed E-state index contributed by atoms with van der Waals surface area (Å²) in [5.41, 5.74) is 0.352. The molecule has 9 heteroatoms. The van der Waals surface area contributed by atoms with Crippen molar-refractivity contribution < 1.29 is 26.8 Å². The number of halogens is 2. The monoisotopic (exact) mass is 448 g/mol. The Labute approximate surface area is 179 Å². The van der Waals surface area contributed by atoms with Gasteiger partial charge in [-0.2, -0.15) is 0 Å². The molecule has 2 aromatic carbocycles. The number of nitrogens with one attached hydrogen (secondary N) is 1. The van der Waals surface area contributed by atoms with Crippen LogP contribution in [-0.4, -0.2) is 25.1 Å². The standard InChI is InChI=1S/C22H22F2N2O4S/c1-13-6-7-14(12-26-21(27)16-4-2-3-5-17(16)22(26)28)10-20(13)31(29,30)25-19-11-15(23)8-9-18(19)24/h6-11,16-17,25H,2-5,12H2,1H3/t16-,17-/m1/s1. The second-order valence-corrected chi connectivity index (χ2v) is 9.74. The molecule has 2 atom stereocenters. The third-order valence-electron chi connectivity index (χ3n) is 5.99. The number of imide groups is 1. The third kappa shape index (κ3) is 4.06. The van der Waals surface area contributed by atoms with E-state index in [1.165, 1.54) is 11.0 Å². The fourth-order valence-corrected chi connectivity index (χ4v) is 5.73. The second kappa shape index (κ2) is 8.03. The largest absolute Gasteiger partial charge is 0.278 e. The maximum Gasteiger partial charge on any atom is 0.262 e. The molecule has 1 saturated carbocycles. The Morgan fingerprint density at radius 1 is 1.00 bits per heavy atom. The van der Waals surface area contributed by atoms with Crippen LogP contribution >= 0.6 is 0 Å². The number of carbonyl (C=O) groups excluding carboxylic acids is 2. The molecule has 0 spiro atoms. The lowest BCUT2D eigenvalue weighted by Gasteiger charge is -2.19. The van der Waals surface area contributed by atoms with Crippen molar-refractivity contribution in [2.24, 2.45) is 11.8 Å². The summed E-state index contributed by atoms with van der Waals surface area (Å²) in [7, 11) is -4.23. The molecule has 0 unspecified atom stereocenters. The van der Waals surface area contributed by atoms with Crippen LogP contribution in [0, 0.1) is 30.4 Å². The Morgan fingerprint density at radius 3 is 2.29 bits per heavy atom. The van der Waals surface area contributed by atoms with Crippen LogP contribution in [0.2, 0.25) is 0 Å². The lowest BCUT2D eigenvalue weighted by atomic mass is 9.81. The number of anilines is 1. The van der Waals surface area contributed by atoms with E-state index < -0.39 is 27.3 Å². The molecule has 1 N–H and O–H groups in total. The van der Waals surface area contributed by atoms with Crippen LogP contribution in [-0.2, 0) is 26.2 Å². The van der Waals surface area contributed by atoms with Crippen molar-refractivity contribution in [3.8, 4) is 0 Å². The first kappa shape index (κ1) is 21.4. The van der Waals surface area contributed by atoms with Crippen molar-refractivity contribution in [3.05, 3.63) is 59.2 Å². The Hall–Kier alpha value is -2.81. The van der Waals surface area contributed by atoms with Crippen molar-refractivity contribution in [2.75, 3.05) is 4.72 Å². The number of aryl methyl sites for hydroxylation is 1. The van der Waals surface area contributed by atoms with Crippen molar-refractivity contribution >= 4 is 27.5 Å². The van der Waals surface area contributed by atoms with Gasteiger partial charge >= 0.3 is 0 Å². The first-order valence-electron chi connectivity index (χ1n) is 10.1. The van der Waals surface area contributed by atoms with Gasteiger partial charge in [-0.05, 0) is 49.1 Å². The summed E-state index contributed by atoms with van der Waals surface area (Å²) in [5, 5.41) is 0. The Kier molecular flexibility index (Phi) is 5.55. The van der Waals surface area contributed by atoms with Gasteiger partial charge in [-0.15, -0.1) is 0 Å². The summed E-state index contributed by atoms with van der Waals surface area (Å²) < 4.78 is 55.1. The van der Waals surface area contributed by atoms with Crippen LogP contribution < -0.4 is 4.72 Å². The highest BCUT2D eigenvalue weighted by atomic mass is 32.2. The molecule has 0 aromatic heterocycles. The number of hydrogen-bond donors (Lipinski definition) is 1. The first-order valence-corrected chi connectivity index (χ1v) is 11.6. The fraction of sp³-hybridized carbons (Fsp3) is 0.364. The number of sulfonamides is 1. The number of nitrogens with zero attached hydrogens (tertiary/aromatic N) is 1.